The SMILES string of the molecule is CCOc1cccc(COc2ccc(C(=O)Nc3ccc(N4CCN(C(=O)c5cccs5)CC4)cc3)cc2)c1. The number of nitrogens with one attached hydrogen (secondary N) is 1. The largest absolute Gasteiger partial charge is 0.494 e. The molecule has 200 valence electrons. The maximum absolute atomic E-state index is 12.8. The van der Waals surface area contributed by atoms with Crippen LogP contribution in [0.3, 0.4) is 0 Å². The topological polar surface area (TPSA) is 71.1 Å². The van der Waals surface area contributed by atoms with Crippen LogP contribution in [-0.4, -0.2) is 49.5 Å². The quantitative estimate of drug-likeness (QED) is 0.284. The van der Waals surface area contributed by atoms with Gasteiger partial charge >= 0.3 is 0 Å². The van der Waals surface area contributed by atoms with Gasteiger partial charge < -0.3 is 24.6 Å². The van der Waals surface area contributed by atoms with E-state index in [9.17, 15) is 9.59 Å². The molecule has 1 aromatic heterocycles. The van der Waals surface area contributed by atoms with Crippen LogP contribution in [-0.2, 0) is 6.61 Å². The minimum Gasteiger partial charge on any atom is -0.494 e. The number of rotatable bonds is 9. The van der Waals surface area contributed by atoms with E-state index in [-0.39, 0.29) is 11.8 Å². The number of benzene rings is 3. The van der Waals surface area contributed by atoms with E-state index in [0.717, 1.165) is 40.7 Å². The highest BCUT2D eigenvalue weighted by Gasteiger charge is 2.22. The number of nitrogens with zero attached hydrogens (tertiary/aromatic N) is 2. The van der Waals surface area contributed by atoms with E-state index in [1.807, 2.05) is 77.9 Å². The van der Waals surface area contributed by atoms with Crippen molar-refractivity contribution in [3.8, 4) is 11.5 Å². The molecule has 0 unspecified atom stereocenters. The fraction of sp³-hybridized carbons (Fsp3) is 0.226. The summed E-state index contributed by atoms with van der Waals surface area (Å²) >= 11 is 1.48. The lowest BCUT2D eigenvalue weighted by Gasteiger charge is -2.36. The number of anilines is 2. The maximum atomic E-state index is 12.8. The lowest BCUT2D eigenvalue weighted by atomic mass is 10.2. The fourth-order valence-electron chi connectivity index (χ4n) is 4.44. The summed E-state index contributed by atoms with van der Waals surface area (Å²) in [5, 5.41) is 4.89. The summed E-state index contributed by atoms with van der Waals surface area (Å²) in [6, 6.07) is 26.5. The Hall–Kier alpha value is -4.30. The van der Waals surface area contributed by atoms with Crippen molar-refractivity contribution in [3.63, 3.8) is 0 Å². The van der Waals surface area contributed by atoms with E-state index >= 15 is 0 Å². The molecule has 0 spiro atoms. The highest BCUT2D eigenvalue weighted by atomic mass is 32.1. The highest BCUT2D eigenvalue weighted by Crippen LogP contribution is 2.22. The van der Waals surface area contributed by atoms with Gasteiger partial charge in [0.15, 0.2) is 0 Å². The van der Waals surface area contributed by atoms with E-state index < -0.39 is 0 Å². The third-order valence-corrected chi connectivity index (χ3v) is 7.38. The van der Waals surface area contributed by atoms with Crippen LogP contribution in [0.1, 0.15) is 32.5 Å². The first-order valence-electron chi connectivity index (χ1n) is 13.0. The van der Waals surface area contributed by atoms with Gasteiger partial charge in [-0.2, -0.15) is 0 Å². The summed E-state index contributed by atoms with van der Waals surface area (Å²) in [5.41, 5.74) is 3.37. The Morgan fingerprint density at radius 2 is 1.62 bits per heavy atom. The molecule has 4 aromatic rings. The molecule has 8 heteroatoms. The van der Waals surface area contributed by atoms with Crippen molar-refractivity contribution in [2.45, 2.75) is 13.5 Å². The van der Waals surface area contributed by atoms with Crippen LogP contribution in [0.2, 0.25) is 0 Å². The Morgan fingerprint density at radius 1 is 0.846 bits per heavy atom. The van der Waals surface area contributed by atoms with E-state index in [1.54, 1.807) is 24.3 Å². The average Bonchev–Trinajstić information content (AvgIpc) is 3.52. The van der Waals surface area contributed by atoms with Gasteiger partial charge in [0.25, 0.3) is 11.8 Å². The summed E-state index contributed by atoms with van der Waals surface area (Å²) in [6.45, 7) is 5.92. The number of carbonyl (C=O) groups excluding carboxylic acids is 2. The van der Waals surface area contributed by atoms with Gasteiger partial charge in [0.2, 0.25) is 0 Å². The molecule has 1 aliphatic rings. The van der Waals surface area contributed by atoms with Crippen molar-refractivity contribution in [2.24, 2.45) is 0 Å². The van der Waals surface area contributed by atoms with E-state index in [2.05, 4.69) is 10.2 Å². The standard InChI is InChI=1S/C31H31N3O4S/c1-2-37-28-6-3-5-23(21-28)22-38-27-14-8-24(9-15-27)30(35)32-25-10-12-26(13-11-25)33-16-18-34(19-17-33)31(36)29-7-4-20-39-29/h3-15,20-21H,2,16-19,22H2,1H3,(H,32,35). The summed E-state index contributed by atoms with van der Waals surface area (Å²) in [4.78, 5) is 30.3. The maximum Gasteiger partial charge on any atom is 0.264 e. The van der Waals surface area contributed by atoms with Gasteiger partial charge in [-0.25, -0.2) is 0 Å². The first-order chi connectivity index (χ1) is 19.1. The van der Waals surface area contributed by atoms with Gasteiger partial charge in [-0.15, -0.1) is 11.3 Å². The zero-order valence-electron chi connectivity index (χ0n) is 21.8. The van der Waals surface area contributed by atoms with E-state index in [4.69, 9.17) is 9.47 Å². The molecule has 1 N–H and O–H groups in total. The Labute approximate surface area is 232 Å². The molecule has 1 saturated heterocycles. The Balaban J connectivity index is 1.10. The lowest BCUT2D eigenvalue weighted by molar-refractivity contribution is 0.0751. The molecule has 7 nitrogen and oxygen atoms in total. The predicted octanol–water partition coefficient (Wildman–Crippen LogP) is 5.94. The number of carbonyl (C=O) groups is 2. The fourth-order valence-corrected chi connectivity index (χ4v) is 5.13. The number of hydrogen-bond donors (Lipinski definition) is 1. The van der Waals surface area contributed by atoms with Crippen LogP contribution >= 0.6 is 11.3 Å². The first kappa shape index (κ1) is 26.3. The van der Waals surface area contributed by atoms with Crippen molar-refractivity contribution >= 4 is 34.5 Å². The van der Waals surface area contributed by atoms with E-state index in [0.29, 0.717) is 37.6 Å². The van der Waals surface area contributed by atoms with Gasteiger partial charge in [-0.1, -0.05) is 18.2 Å². The molecule has 39 heavy (non-hydrogen) atoms. The van der Waals surface area contributed by atoms with Crippen LogP contribution in [0.5, 0.6) is 11.5 Å². The summed E-state index contributed by atoms with van der Waals surface area (Å²) in [7, 11) is 0. The summed E-state index contributed by atoms with van der Waals surface area (Å²) in [5.74, 6) is 1.44. The number of ether oxygens (including phenoxy) is 2. The number of piperazine rings is 1. The van der Waals surface area contributed by atoms with Gasteiger partial charge in [-0.05, 0) is 84.6 Å². The molecule has 0 atom stereocenters. The molecular formula is C31H31N3O4S. The Bertz CT molecular complexity index is 1380. The minimum atomic E-state index is -0.181. The average molecular weight is 542 g/mol. The van der Waals surface area contributed by atoms with Gasteiger partial charge in [0.1, 0.15) is 18.1 Å². The van der Waals surface area contributed by atoms with Crippen molar-refractivity contribution < 1.29 is 19.1 Å². The molecule has 0 radical (unpaired) electrons. The highest BCUT2D eigenvalue weighted by molar-refractivity contribution is 7.12. The normalized spacial score (nSPS) is 13.2. The van der Waals surface area contributed by atoms with Crippen LogP contribution in [0, 0.1) is 0 Å². The number of thiophene rings is 1. The van der Waals surface area contributed by atoms with Crippen molar-refractivity contribution in [1.82, 2.24) is 4.90 Å². The Morgan fingerprint density at radius 3 is 2.31 bits per heavy atom. The Kier molecular flexibility index (Phi) is 8.43. The number of hydrogen-bond acceptors (Lipinski definition) is 6. The second-order valence-electron chi connectivity index (χ2n) is 9.15. The van der Waals surface area contributed by atoms with Crippen molar-refractivity contribution in [2.75, 3.05) is 43.0 Å². The first-order valence-corrected chi connectivity index (χ1v) is 13.9. The zero-order valence-corrected chi connectivity index (χ0v) is 22.7. The molecule has 1 aliphatic heterocycles. The second kappa shape index (κ2) is 12.5. The minimum absolute atomic E-state index is 0.106. The van der Waals surface area contributed by atoms with Crippen LogP contribution in [0.4, 0.5) is 11.4 Å². The third-order valence-electron chi connectivity index (χ3n) is 6.52. The van der Waals surface area contributed by atoms with E-state index in [1.165, 1.54) is 11.3 Å². The molecule has 2 heterocycles. The molecule has 1 fully saturated rings. The van der Waals surface area contributed by atoms with Gasteiger partial charge in [0, 0.05) is 43.1 Å². The third kappa shape index (κ3) is 6.78. The zero-order chi connectivity index (χ0) is 27.0. The molecule has 0 aliphatic carbocycles. The van der Waals surface area contributed by atoms with Crippen LogP contribution in [0.25, 0.3) is 0 Å². The lowest BCUT2D eigenvalue weighted by Crippen LogP contribution is -2.48. The summed E-state index contributed by atoms with van der Waals surface area (Å²) in [6.07, 6.45) is 0. The summed E-state index contributed by atoms with van der Waals surface area (Å²) < 4.78 is 11.4. The molecular weight excluding hydrogens is 510 g/mol. The van der Waals surface area contributed by atoms with Gasteiger partial charge in [-0.3, -0.25) is 9.59 Å². The predicted molar refractivity (Wildman–Crippen MR) is 155 cm³/mol. The molecule has 0 saturated carbocycles. The molecule has 3 aromatic carbocycles. The van der Waals surface area contributed by atoms with Crippen LogP contribution in [0.15, 0.2) is 90.3 Å². The van der Waals surface area contributed by atoms with Gasteiger partial charge in [0.05, 0.1) is 11.5 Å². The monoisotopic (exact) mass is 541 g/mol. The smallest absolute Gasteiger partial charge is 0.264 e. The van der Waals surface area contributed by atoms with Crippen molar-refractivity contribution in [3.05, 3.63) is 106 Å². The molecule has 5 rings (SSSR count). The molecule has 2 amide bonds. The molecule has 0 bridgehead atoms. The number of amides is 2. The van der Waals surface area contributed by atoms with Crippen molar-refractivity contribution in [1.29, 1.82) is 0 Å². The second-order valence-corrected chi connectivity index (χ2v) is 10.1. The van der Waals surface area contributed by atoms with Crippen LogP contribution < -0.4 is 19.7 Å².